The van der Waals surface area contributed by atoms with Crippen LogP contribution in [-0.4, -0.2) is 12.5 Å². The quantitative estimate of drug-likeness (QED) is 0.692. The fourth-order valence-corrected chi connectivity index (χ4v) is 2.36. The van der Waals surface area contributed by atoms with Crippen LogP contribution in [0.4, 0.5) is 0 Å². The molecule has 16 heavy (non-hydrogen) atoms. The van der Waals surface area contributed by atoms with Crippen LogP contribution in [0.1, 0.15) is 42.9 Å². The molecule has 0 saturated heterocycles. The molecule has 1 rings (SSSR count). The predicted octanol–water partition coefficient (Wildman–Crippen LogP) is 4.43. The van der Waals surface area contributed by atoms with Crippen LogP contribution in [0.2, 0.25) is 0 Å². The molecule has 0 amide bonds. The van der Waals surface area contributed by atoms with Gasteiger partial charge in [-0.25, -0.2) is 0 Å². The van der Waals surface area contributed by atoms with Crippen LogP contribution < -0.4 is 4.74 Å². The number of hydrogen-bond donors (Lipinski definition) is 0. The third kappa shape index (κ3) is 2.91. The highest BCUT2D eigenvalue weighted by Crippen LogP contribution is 2.30. The molecule has 0 aromatic heterocycles. The third-order valence-electron chi connectivity index (χ3n) is 2.98. The molecule has 1 atom stereocenters. The second-order valence-electron chi connectivity index (χ2n) is 4.17. The summed E-state index contributed by atoms with van der Waals surface area (Å²) < 4.78 is 5.59. The van der Waals surface area contributed by atoms with Crippen LogP contribution in [0.5, 0.6) is 5.75 Å². The summed E-state index contributed by atoms with van der Waals surface area (Å²) in [5, 5.41) is 0. The number of alkyl halides is 1. The van der Waals surface area contributed by atoms with E-state index >= 15 is 0 Å². The Morgan fingerprint density at radius 3 is 2.38 bits per heavy atom. The first kappa shape index (κ1) is 13.4. The van der Waals surface area contributed by atoms with Crippen molar-refractivity contribution in [3.05, 3.63) is 28.8 Å². The van der Waals surface area contributed by atoms with Crippen LogP contribution in [-0.2, 0) is 0 Å². The largest absolute Gasteiger partial charge is 0.494 e. The van der Waals surface area contributed by atoms with Crippen molar-refractivity contribution < 1.29 is 4.74 Å². The van der Waals surface area contributed by atoms with E-state index in [1.165, 1.54) is 16.7 Å². The summed E-state index contributed by atoms with van der Waals surface area (Å²) in [5.74, 6) is 2.13. The molecule has 0 radical (unpaired) electrons. The number of halogens is 1. The second-order valence-corrected chi connectivity index (χ2v) is 4.48. The first-order chi connectivity index (χ1) is 7.63. The van der Waals surface area contributed by atoms with Gasteiger partial charge in [0.15, 0.2) is 0 Å². The van der Waals surface area contributed by atoms with E-state index in [1.54, 1.807) is 0 Å². The van der Waals surface area contributed by atoms with Crippen molar-refractivity contribution >= 4 is 11.6 Å². The molecule has 90 valence electrons. The highest BCUT2D eigenvalue weighted by molar-refractivity contribution is 6.18. The summed E-state index contributed by atoms with van der Waals surface area (Å²) in [4.78, 5) is 0. The average molecular weight is 241 g/mol. The number of hydrogen-bond acceptors (Lipinski definition) is 1. The van der Waals surface area contributed by atoms with Gasteiger partial charge in [-0.2, -0.15) is 0 Å². The Balaban J connectivity index is 3.08. The standard InChI is InChI=1S/C14H21ClO/c1-5-12(9-15)13-7-11(4)14(16-6-2)8-10(13)3/h7-8,12H,5-6,9H2,1-4H3. The molecule has 0 aliphatic heterocycles. The number of rotatable bonds is 5. The van der Waals surface area contributed by atoms with Gasteiger partial charge in [0.2, 0.25) is 0 Å². The molecule has 1 unspecified atom stereocenters. The van der Waals surface area contributed by atoms with E-state index in [0.717, 1.165) is 12.2 Å². The van der Waals surface area contributed by atoms with Gasteiger partial charge in [-0.05, 0) is 55.9 Å². The molecular formula is C14H21ClO. The predicted molar refractivity (Wildman–Crippen MR) is 70.8 cm³/mol. The molecule has 1 aromatic carbocycles. The molecule has 0 bridgehead atoms. The maximum Gasteiger partial charge on any atom is 0.122 e. The van der Waals surface area contributed by atoms with Crippen LogP contribution in [0.25, 0.3) is 0 Å². The summed E-state index contributed by atoms with van der Waals surface area (Å²) >= 11 is 6.00. The van der Waals surface area contributed by atoms with Gasteiger partial charge in [-0.15, -0.1) is 11.6 Å². The lowest BCUT2D eigenvalue weighted by Crippen LogP contribution is -2.04. The van der Waals surface area contributed by atoms with Crippen LogP contribution in [0.15, 0.2) is 12.1 Å². The Hall–Kier alpha value is -0.690. The molecule has 0 saturated carbocycles. The summed E-state index contributed by atoms with van der Waals surface area (Å²) in [5.41, 5.74) is 3.84. The summed E-state index contributed by atoms with van der Waals surface area (Å²) in [6.45, 7) is 9.13. The molecule has 2 heteroatoms. The van der Waals surface area contributed by atoms with E-state index in [0.29, 0.717) is 18.4 Å². The second kappa shape index (κ2) is 6.15. The Morgan fingerprint density at radius 2 is 1.88 bits per heavy atom. The van der Waals surface area contributed by atoms with Gasteiger partial charge in [-0.3, -0.25) is 0 Å². The lowest BCUT2D eigenvalue weighted by Gasteiger charge is -2.18. The minimum absolute atomic E-state index is 0.455. The van der Waals surface area contributed by atoms with Crippen molar-refractivity contribution in [1.82, 2.24) is 0 Å². The molecule has 0 N–H and O–H groups in total. The first-order valence-corrected chi connectivity index (χ1v) is 6.47. The maximum absolute atomic E-state index is 6.00. The molecule has 0 heterocycles. The Kier molecular flexibility index (Phi) is 5.14. The van der Waals surface area contributed by atoms with Crippen LogP contribution in [0.3, 0.4) is 0 Å². The van der Waals surface area contributed by atoms with Gasteiger partial charge in [0, 0.05) is 5.88 Å². The highest BCUT2D eigenvalue weighted by atomic mass is 35.5. The SMILES string of the molecule is CCOc1cc(C)c(C(CC)CCl)cc1C. The van der Waals surface area contributed by atoms with Gasteiger partial charge in [0.1, 0.15) is 5.75 Å². The van der Waals surface area contributed by atoms with Crippen LogP contribution in [0, 0.1) is 13.8 Å². The third-order valence-corrected chi connectivity index (χ3v) is 3.35. The topological polar surface area (TPSA) is 9.23 Å². The maximum atomic E-state index is 6.00. The van der Waals surface area contributed by atoms with Crippen molar-refractivity contribution in [2.24, 2.45) is 0 Å². The van der Waals surface area contributed by atoms with Crippen molar-refractivity contribution in [1.29, 1.82) is 0 Å². The molecular weight excluding hydrogens is 220 g/mol. The zero-order valence-electron chi connectivity index (χ0n) is 10.6. The molecule has 0 fully saturated rings. The van der Waals surface area contributed by atoms with Gasteiger partial charge < -0.3 is 4.74 Å². The number of benzene rings is 1. The number of ether oxygens (including phenoxy) is 1. The molecule has 0 aliphatic rings. The summed E-state index contributed by atoms with van der Waals surface area (Å²) in [6, 6.07) is 4.35. The fourth-order valence-electron chi connectivity index (χ4n) is 1.98. The molecule has 1 nitrogen and oxygen atoms in total. The minimum atomic E-state index is 0.455. The molecule has 0 spiro atoms. The smallest absolute Gasteiger partial charge is 0.122 e. The van der Waals surface area contributed by atoms with E-state index < -0.39 is 0 Å². The Labute approximate surface area is 104 Å². The van der Waals surface area contributed by atoms with Crippen molar-refractivity contribution in [3.8, 4) is 5.75 Å². The summed E-state index contributed by atoms with van der Waals surface area (Å²) in [7, 11) is 0. The molecule has 0 aliphatic carbocycles. The minimum Gasteiger partial charge on any atom is -0.494 e. The van der Waals surface area contributed by atoms with E-state index in [9.17, 15) is 0 Å². The van der Waals surface area contributed by atoms with E-state index in [2.05, 4.69) is 32.9 Å². The Morgan fingerprint density at radius 1 is 1.19 bits per heavy atom. The Bertz CT molecular complexity index is 343. The van der Waals surface area contributed by atoms with Gasteiger partial charge in [0.05, 0.1) is 6.61 Å². The summed E-state index contributed by atoms with van der Waals surface area (Å²) in [6.07, 6.45) is 1.08. The van der Waals surface area contributed by atoms with Gasteiger partial charge in [0.25, 0.3) is 0 Å². The lowest BCUT2D eigenvalue weighted by atomic mass is 9.92. The van der Waals surface area contributed by atoms with Crippen molar-refractivity contribution in [3.63, 3.8) is 0 Å². The van der Waals surface area contributed by atoms with Crippen LogP contribution >= 0.6 is 11.6 Å². The van der Waals surface area contributed by atoms with Gasteiger partial charge >= 0.3 is 0 Å². The van der Waals surface area contributed by atoms with Crippen molar-refractivity contribution in [2.75, 3.05) is 12.5 Å². The zero-order chi connectivity index (χ0) is 12.1. The van der Waals surface area contributed by atoms with E-state index in [4.69, 9.17) is 16.3 Å². The monoisotopic (exact) mass is 240 g/mol. The van der Waals surface area contributed by atoms with E-state index in [1.807, 2.05) is 6.92 Å². The van der Waals surface area contributed by atoms with Crippen molar-refractivity contribution in [2.45, 2.75) is 40.0 Å². The van der Waals surface area contributed by atoms with E-state index in [-0.39, 0.29) is 0 Å². The van der Waals surface area contributed by atoms with Gasteiger partial charge in [-0.1, -0.05) is 13.0 Å². The lowest BCUT2D eigenvalue weighted by molar-refractivity contribution is 0.337. The highest BCUT2D eigenvalue weighted by Gasteiger charge is 2.13. The fraction of sp³-hybridized carbons (Fsp3) is 0.571. The average Bonchev–Trinajstić information content (AvgIpc) is 2.26. The zero-order valence-corrected chi connectivity index (χ0v) is 11.4. The first-order valence-electron chi connectivity index (χ1n) is 5.93. The number of aryl methyl sites for hydroxylation is 2. The normalized spacial score (nSPS) is 12.6. The molecule has 1 aromatic rings.